The van der Waals surface area contributed by atoms with E-state index in [1.54, 1.807) is 14.2 Å². The van der Waals surface area contributed by atoms with Crippen molar-refractivity contribution in [1.82, 2.24) is 5.32 Å². The Balaban J connectivity index is 2.24. The molecule has 1 fully saturated rings. The quantitative estimate of drug-likeness (QED) is 0.818. The maximum Gasteiger partial charge on any atom is 0.161 e. The molecule has 0 spiro atoms. The molecule has 19 heavy (non-hydrogen) atoms. The van der Waals surface area contributed by atoms with Gasteiger partial charge in [0.05, 0.1) is 14.2 Å². The van der Waals surface area contributed by atoms with Crippen LogP contribution < -0.4 is 14.8 Å². The molecule has 0 aliphatic heterocycles. The van der Waals surface area contributed by atoms with Crippen LogP contribution in [0.4, 0.5) is 0 Å². The topological polar surface area (TPSA) is 30.5 Å². The molecule has 2 rings (SSSR count). The van der Waals surface area contributed by atoms with Crippen molar-refractivity contribution >= 4 is 0 Å². The normalized spacial score (nSPS) is 17.9. The fourth-order valence-corrected chi connectivity index (χ4v) is 2.77. The van der Waals surface area contributed by atoms with Crippen molar-refractivity contribution in [2.45, 2.75) is 32.7 Å². The molecule has 1 aliphatic rings. The number of methoxy groups -OCH3 is 2. The summed E-state index contributed by atoms with van der Waals surface area (Å²) in [4.78, 5) is 0. The van der Waals surface area contributed by atoms with Crippen molar-refractivity contribution in [3.63, 3.8) is 0 Å². The Morgan fingerprint density at radius 1 is 1.21 bits per heavy atom. The summed E-state index contributed by atoms with van der Waals surface area (Å²) in [6, 6.07) is 6.65. The fraction of sp³-hybridized carbons (Fsp3) is 0.625. The van der Waals surface area contributed by atoms with Gasteiger partial charge in [0.1, 0.15) is 0 Å². The summed E-state index contributed by atoms with van der Waals surface area (Å²) in [6.45, 7) is 5.49. The predicted octanol–water partition coefficient (Wildman–Crippen LogP) is 3.40. The van der Waals surface area contributed by atoms with Crippen LogP contribution in [-0.2, 0) is 0 Å². The zero-order valence-electron chi connectivity index (χ0n) is 12.4. The van der Waals surface area contributed by atoms with E-state index in [2.05, 4.69) is 31.3 Å². The van der Waals surface area contributed by atoms with Crippen molar-refractivity contribution in [3.8, 4) is 11.5 Å². The lowest BCUT2D eigenvalue weighted by Crippen LogP contribution is -2.27. The molecule has 1 aromatic carbocycles. The first-order valence-electron chi connectivity index (χ1n) is 7.16. The lowest BCUT2D eigenvalue weighted by Gasteiger charge is -2.26. The number of hydrogen-bond acceptors (Lipinski definition) is 3. The number of ether oxygens (including phenoxy) is 2. The van der Waals surface area contributed by atoms with Crippen molar-refractivity contribution in [2.24, 2.45) is 11.8 Å². The van der Waals surface area contributed by atoms with E-state index in [0.717, 1.165) is 24.0 Å². The van der Waals surface area contributed by atoms with Crippen LogP contribution in [0.2, 0.25) is 0 Å². The largest absolute Gasteiger partial charge is 0.493 e. The van der Waals surface area contributed by atoms with Crippen LogP contribution in [0, 0.1) is 11.8 Å². The molecule has 2 atom stereocenters. The molecule has 1 saturated carbocycles. The molecule has 1 aliphatic carbocycles. The smallest absolute Gasteiger partial charge is 0.161 e. The molecule has 0 aromatic heterocycles. The van der Waals surface area contributed by atoms with E-state index >= 15 is 0 Å². The number of rotatable bonds is 7. The Morgan fingerprint density at radius 2 is 1.89 bits per heavy atom. The maximum absolute atomic E-state index is 5.41. The van der Waals surface area contributed by atoms with E-state index < -0.39 is 0 Å². The molecular formula is C16H25NO2. The summed E-state index contributed by atoms with van der Waals surface area (Å²) in [6.07, 6.45) is 2.74. The van der Waals surface area contributed by atoms with Crippen molar-refractivity contribution in [2.75, 3.05) is 20.8 Å². The van der Waals surface area contributed by atoms with Crippen LogP contribution in [0.3, 0.4) is 0 Å². The second kappa shape index (κ2) is 6.29. The highest BCUT2D eigenvalue weighted by Crippen LogP contribution is 2.43. The first kappa shape index (κ1) is 14.2. The zero-order valence-corrected chi connectivity index (χ0v) is 12.4. The first-order chi connectivity index (χ1) is 9.21. The van der Waals surface area contributed by atoms with Gasteiger partial charge in [0.15, 0.2) is 11.5 Å². The molecule has 106 valence electrons. The summed E-state index contributed by atoms with van der Waals surface area (Å²) in [7, 11) is 3.36. The van der Waals surface area contributed by atoms with E-state index in [1.807, 2.05) is 6.07 Å². The molecule has 1 N–H and O–H groups in total. The third-order valence-corrected chi connectivity index (χ3v) is 4.08. The van der Waals surface area contributed by atoms with Gasteiger partial charge in [0.25, 0.3) is 0 Å². The van der Waals surface area contributed by atoms with Crippen molar-refractivity contribution in [1.29, 1.82) is 0 Å². The summed E-state index contributed by atoms with van der Waals surface area (Å²) in [5, 5.41) is 3.61. The van der Waals surface area contributed by atoms with E-state index in [9.17, 15) is 0 Å². The minimum atomic E-state index is 0.400. The summed E-state index contributed by atoms with van der Waals surface area (Å²) in [5.74, 6) is 3.14. The Morgan fingerprint density at radius 3 is 2.42 bits per heavy atom. The van der Waals surface area contributed by atoms with E-state index in [1.165, 1.54) is 18.4 Å². The molecule has 3 nitrogen and oxygen atoms in total. The Bertz CT molecular complexity index is 415. The molecular weight excluding hydrogens is 238 g/mol. The van der Waals surface area contributed by atoms with Crippen LogP contribution in [0.5, 0.6) is 11.5 Å². The van der Waals surface area contributed by atoms with Crippen LogP contribution >= 0.6 is 0 Å². The van der Waals surface area contributed by atoms with Crippen LogP contribution in [0.1, 0.15) is 38.3 Å². The standard InChI is InChI=1S/C16H25NO2/c1-5-17-16(11(2)12-6-7-12)13-8-9-14(18-3)15(10-13)19-4/h8-12,16-17H,5-7H2,1-4H3. The molecule has 3 heteroatoms. The molecule has 0 amide bonds. The molecule has 0 saturated heterocycles. The third-order valence-electron chi connectivity index (χ3n) is 4.08. The van der Waals surface area contributed by atoms with Gasteiger partial charge in [-0.3, -0.25) is 0 Å². The van der Waals surface area contributed by atoms with Crippen LogP contribution in [0.15, 0.2) is 18.2 Å². The van der Waals surface area contributed by atoms with E-state index in [-0.39, 0.29) is 0 Å². The molecule has 0 bridgehead atoms. The fourth-order valence-electron chi connectivity index (χ4n) is 2.77. The molecule has 0 heterocycles. The maximum atomic E-state index is 5.41. The molecule has 1 aromatic rings. The highest BCUT2D eigenvalue weighted by molar-refractivity contribution is 5.44. The number of nitrogens with one attached hydrogen (secondary N) is 1. The summed E-state index contributed by atoms with van der Waals surface area (Å²) < 4.78 is 10.7. The van der Waals surface area contributed by atoms with E-state index in [4.69, 9.17) is 9.47 Å². The van der Waals surface area contributed by atoms with Gasteiger partial charge in [-0.25, -0.2) is 0 Å². The average Bonchev–Trinajstić information content (AvgIpc) is 3.28. The minimum Gasteiger partial charge on any atom is -0.493 e. The number of benzene rings is 1. The van der Waals surface area contributed by atoms with Gasteiger partial charge in [-0.15, -0.1) is 0 Å². The van der Waals surface area contributed by atoms with Gasteiger partial charge in [-0.2, -0.15) is 0 Å². The average molecular weight is 263 g/mol. The van der Waals surface area contributed by atoms with Gasteiger partial charge in [-0.1, -0.05) is 19.9 Å². The first-order valence-corrected chi connectivity index (χ1v) is 7.16. The Hall–Kier alpha value is -1.22. The second-order valence-corrected chi connectivity index (χ2v) is 5.35. The number of hydrogen-bond donors (Lipinski definition) is 1. The van der Waals surface area contributed by atoms with E-state index in [0.29, 0.717) is 12.0 Å². The highest BCUT2D eigenvalue weighted by atomic mass is 16.5. The summed E-state index contributed by atoms with van der Waals surface area (Å²) >= 11 is 0. The molecule has 0 radical (unpaired) electrons. The second-order valence-electron chi connectivity index (χ2n) is 5.35. The third kappa shape index (κ3) is 3.21. The highest BCUT2D eigenvalue weighted by Gasteiger charge is 2.33. The summed E-state index contributed by atoms with van der Waals surface area (Å²) in [5.41, 5.74) is 1.29. The SMILES string of the molecule is CCNC(c1ccc(OC)c(OC)c1)C(C)C1CC1. The van der Waals surface area contributed by atoms with Gasteiger partial charge in [0.2, 0.25) is 0 Å². The Kier molecular flexibility index (Phi) is 4.70. The lowest BCUT2D eigenvalue weighted by molar-refractivity contribution is 0.342. The van der Waals surface area contributed by atoms with Gasteiger partial charge < -0.3 is 14.8 Å². The van der Waals surface area contributed by atoms with Crippen LogP contribution in [-0.4, -0.2) is 20.8 Å². The Labute approximate surface area is 116 Å². The van der Waals surface area contributed by atoms with Gasteiger partial charge >= 0.3 is 0 Å². The molecule has 2 unspecified atom stereocenters. The van der Waals surface area contributed by atoms with Gasteiger partial charge in [0, 0.05) is 6.04 Å². The predicted molar refractivity (Wildman–Crippen MR) is 77.9 cm³/mol. The van der Waals surface area contributed by atoms with Gasteiger partial charge in [-0.05, 0) is 48.9 Å². The van der Waals surface area contributed by atoms with Crippen LogP contribution in [0.25, 0.3) is 0 Å². The lowest BCUT2D eigenvalue weighted by atomic mass is 9.90. The monoisotopic (exact) mass is 263 g/mol. The zero-order chi connectivity index (χ0) is 13.8. The minimum absolute atomic E-state index is 0.400. The van der Waals surface area contributed by atoms with Crippen molar-refractivity contribution < 1.29 is 9.47 Å². The van der Waals surface area contributed by atoms with Crippen molar-refractivity contribution in [3.05, 3.63) is 23.8 Å².